The van der Waals surface area contributed by atoms with Crippen LogP contribution in [0.1, 0.15) is 23.2 Å². The molecule has 0 aliphatic carbocycles. The maximum Gasteiger partial charge on any atom is 0.256 e. The highest BCUT2D eigenvalue weighted by atomic mass is 32.1. The van der Waals surface area contributed by atoms with E-state index in [1.54, 1.807) is 40.8 Å². The van der Waals surface area contributed by atoms with Crippen molar-refractivity contribution in [2.75, 3.05) is 18.4 Å². The predicted molar refractivity (Wildman–Crippen MR) is 122 cm³/mol. The summed E-state index contributed by atoms with van der Waals surface area (Å²) in [5.74, 6) is 0.108. The maximum absolute atomic E-state index is 14.0. The molecule has 2 aromatic heterocycles. The van der Waals surface area contributed by atoms with Gasteiger partial charge in [-0.25, -0.2) is 14.4 Å². The standard InChI is InChI=1S/C24H21FN4OS/c25-20-9-5-4-8-18(20)24(30)29-12-10-17(11-13-29)28-22-21-19(16-6-2-1-3-7-16)14-31-23(21)27-15-26-22/h1-9,14-15,17H,10-13H2,(H,26,27,28). The van der Waals surface area contributed by atoms with Crippen molar-refractivity contribution in [3.63, 3.8) is 0 Å². The third-order valence-electron chi connectivity index (χ3n) is 5.68. The van der Waals surface area contributed by atoms with Crippen LogP contribution in [-0.4, -0.2) is 39.9 Å². The van der Waals surface area contributed by atoms with Crippen LogP contribution in [0.2, 0.25) is 0 Å². The zero-order chi connectivity index (χ0) is 21.2. The Balaban J connectivity index is 1.32. The Morgan fingerprint density at radius 2 is 1.77 bits per heavy atom. The molecule has 0 atom stereocenters. The van der Waals surface area contributed by atoms with Gasteiger partial charge in [-0.1, -0.05) is 42.5 Å². The van der Waals surface area contributed by atoms with Crippen molar-refractivity contribution in [1.29, 1.82) is 0 Å². The van der Waals surface area contributed by atoms with Gasteiger partial charge < -0.3 is 10.2 Å². The van der Waals surface area contributed by atoms with Gasteiger partial charge in [0.25, 0.3) is 5.91 Å². The number of amides is 1. The van der Waals surface area contributed by atoms with E-state index in [9.17, 15) is 9.18 Å². The van der Waals surface area contributed by atoms with E-state index in [4.69, 9.17) is 0 Å². The molecular formula is C24H21FN4OS. The topological polar surface area (TPSA) is 58.1 Å². The first-order valence-electron chi connectivity index (χ1n) is 10.3. The van der Waals surface area contributed by atoms with Crippen LogP contribution >= 0.6 is 11.3 Å². The number of carbonyl (C=O) groups excluding carboxylic acids is 1. The summed E-state index contributed by atoms with van der Waals surface area (Å²) in [5.41, 5.74) is 2.39. The molecule has 5 rings (SSSR count). The summed E-state index contributed by atoms with van der Waals surface area (Å²) >= 11 is 1.61. The normalized spacial score (nSPS) is 14.7. The lowest BCUT2D eigenvalue weighted by Gasteiger charge is -2.33. The molecule has 31 heavy (non-hydrogen) atoms. The molecule has 0 spiro atoms. The van der Waals surface area contributed by atoms with Crippen molar-refractivity contribution < 1.29 is 9.18 Å². The molecule has 156 valence electrons. The molecule has 1 fully saturated rings. The highest BCUT2D eigenvalue weighted by molar-refractivity contribution is 7.17. The Morgan fingerprint density at radius 3 is 2.55 bits per heavy atom. The van der Waals surface area contributed by atoms with Crippen molar-refractivity contribution >= 4 is 33.3 Å². The second kappa shape index (κ2) is 8.43. The van der Waals surface area contributed by atoms with Crippen molar-refractivity contribution in [3.05, 3.63) is 77.7 Å². The van der Waals surface area contributed by atoms with Crippen molar-refractivity contribution in [3.8, 4) is 11.1 Å². The molecule has 1 aliphatic rings. The number of likely N-dealkylation sites (tertiary alicyclic amines) is 1. The number of rotatable bonds is 4. The van der Waals surface area contributed by atoms with Crippen LogP contribution in [0.3, 0.4) is 0 Å². The second-order valence-electron chi connectivity index (χ2n) is 7.61. The van der Waals surface area contributed by atoms with E-state index in [0.717, 1.165) is 40.0 Å². The zero-order valence-corrected chi connectivity index (χ0v) is 17.6. The summed E-state index contributed by atoms with van der Waals surface area (Å²) in [6, 6.07) is 16.6. The lowest BCUT2D eigenvalue weighted by molar-refractivity contribution is 0.0713. The molecule has 1 saturated heterocycles. The lowest BCUT2D eigenvalue weighted by atomic mass is 10.0. The summed E-state index contributed by atoms with van der Waals surface area (Å²) in [6.45, 7) is 1.16. The molecule has 7 heteroatoms. The van der Waals surface area contributed by atoms with Crippen molar-refractivity contribution in [1.82, 2.24) is 14.9 Å². The monoisotopic (exact) mass is 432 g/mol. The van der Waals surface area contributed by atoms with Gasteiger partial charge in [-0.15, -0.1) is 11.3 Å². The van der Waals surface area contributed by atoms with E-state index in [1.165, 1.54) is 6.07 Å². The van der Waals surface area contributed by atoms with Crippen LogP contribution in [0.25, 0.3) is 21.3 Å². The number of thiophene rings is 1. The molecule has 0 radical (unpaired) electrons. The molecule has 2 aromatic carbocycles. The average molecular weight is 433 g/mol. The van der Waals surface area contributed by atoms with E-state index < -0.39 is 5.82 Å². The maximum atomic E-state index is 14.0. The van der Waals surface area contributed by atoms with Gasteiger partial charge in [0, 0.05) is 30.1 Å². The van der Waals surface area contributed by atoms with Crippen LogP contribution in [-0.2, 0) is 0 Å². The first kappa shape index (κ1) is 19.6. The molecule has 5 nitrogen and oxygen atoms in total. The van der Waals surface area contributed by atoms with Gasteiger partial charge in [0.15, 0.2) is 0 Å². The zero-order valence-electron chi connectivity index (χ0n) is 16.8. The molecular weight excluding hydrogens is 411 g/mol. The first-order chi connectivity index (χ1) is 15.2. The number of carbonyl (C=O) groups is 1. The Labute approximate surface area is 183 Å². The molecule has 0 bridgehead atoms. The number of piperidine rings is 1. The number of hydrogen-bond acceptors (Lipinski definition) is 5. The third-order valence-corrected chi connectivity index (χ3v) is 6.57. The molecule has 1 N–H and O–H groups in total. The van der Waals surface area contributed by atoms with E-state index in [0.29, 0.717) is 13.1 Å². The Hall–Kier alpha value is -3.32. The number of halogens is 1. The summed E-state index contributed by atoms with van der Waals surface area (Å²) in [6.07, 6.45) is 3.14. The Kier molecular flexibility index (Phi) is 5.34. The van der Waals surface area contributed by atoms with Crippen LogP contribution in [0.4, 0.5) is 10.2 Å². The fourth-order valence-corrected chi connectivity index (χ4v) is 4.96. The Morgan fingerprint density at radius 1 is 1.03 bits per heavy atom. The van der Waals surface area contributed by atoms with Gasteiger partial charge in [0.1, 0.15) is 22.8 Å². The lowest BCUT2D eigenvalue weighted by Crippen LogP contribution is -2.42. The fraction of sp³-hybridized carbons (Fsp3) is 0.208. The van der Waals surface area contributed by atoms with Gasteiger partial charge >= 0.3 is 0 Å². The number of benzene rings is 2. The van der Waals surface area contributed by atoms with E-state index in [1.807, 2.05) is 18.2 Å². The van der Waals surface area contributed by atoms with Crippen LogP contribution in [0.15, 0.2) is 66.3 Å². The van der Waals surface area contributed by atoms with Crippen LogP contribution in [0, 0.1) is 5.82 Å². The summed E-state index contributed by atoms with van der Waals surface area (Å²) < 4.78 is 14.0. The minimum atomic E-state index is -0.470. The number of hydrogen-bond donors (Lipinski definition) is 1. The molecule has 3 heterocycles. The highest BCUT2D eigenvalue weighted by Gasteiger charge is 2.26. The van der Waals surface area contributed by atoms with Gasteiger partial charge in [-0.2, -0.15) is 0 Å². The molecule has 1 aliphatic heterocycles. The summed E-state index contributed by atoms with van der Waals surface area (Å²) in [5, 5.41) is 6.73. The van der Waals surface area contributed by atoms with Crippen molar-refractivity contribution in [2.24, 2.45) is 0 Å². The molecule has 1 amide bonds. The van der Waals surface area contributed by atoms with Crippen molar-refractivity contribution in [2.45, 2.75) is 18.9 Å². The molecule has 0 saturated carbocycles. The SMILES string of the molecule is O=C(c1ccccc1F)N1CCC(Nc2ncnc3scc(-c4ccccc4)c23)CC1. The minimum Gasteiger partial charge on any atom is -0.367 e. The summed E-state index contributed by atoms with van der Waals surface area (Å²) in [4.78, 5) is 24.3. The molecule has 4 aromatic rings. The van der Waals surface area contributed by atoms with E-state index in [2.05, 4.69) is 32.8 Å². The van der Waals surface area contributed by atoms with Gasteiger partial charge in [0.2, 0.25) is 0 Å². The first-order valence-corrected chi connectivity index (χ1v) is 11.2. The number of anilines is 1. The number of fused-ring (bicyclic) bond motifs is 1. The number of aromatic nitrogens is 2. The molecule has 0 unspecified atom stereocenters. The average Bonchev–Trinajstić information content (AvgIpc) is 3.25. The highest BCUT2D eigenvalue weighted by Crippen LogP contribution is 2.37. The largest absolute Gasteiger partial charge is 0.367 e. The Bertz CT molecular complexity index is 1220. The van der Waals surface area contributed by atoms with E-state index >= 15 is 0 Å². The fourth-order valence-electron chi connectivity index (χ4n) is 4.04. The third kappa shape index (κ3) is 3.88. The summed E-state index contributed by atoms with van der Waals surface area (Å²) in [7, 11) is 0. The number of nitrogens with one attached hydrogen (secondary N) is 1. The second-order valence-corrected chi connectivity index (χ2v) is 8.47. The van der Waals surface area contributed by atoms with Gasteiger partial charge in [0.05, 0.1) is 10.9 Å². The van der Waals surface area contributed by atoms with Crippen LogP contribution in [0.5, 0.6) is 0 Å². The quantitative estimate of drug-likeness (QED) is 0.481. The van der Waals surface area contributed by atoms with E-state index in [-0.39, 0.29) is 17.5 Å². The van der Waals surface area contributed by atoms with Gasteiger partial charge in [-0.3, -0.25) is 4.79 Å². The minimum absolute atomic E-state index is 0.136. The smallest absolute Gasteiger partial charge is 0.256 e. The predicted octanol–water partition coefficient (Wildman–Crippen LogP) is 5.21. The van der Waals surface area contributed by atoms with Crippen LogP contribution < -0.4 is 5.32 Å². The number of nitrogens with zero attached hydrogens (tertiary/aromatic N) is 3. The van der Waals surface area contributed by atoms with Gasteiger partial charge in [-0.05, 0) is 30.5 Å².